The highest BCUT2D eigenvalue weighted by Gasteiger charge is 2.29. The summed E-state index contributed by atoms with van der Waals surface area (Å²) in [5.41, 5.74) is 5.36. The Morgan fingerprint density at radius 2 is 2.00 bits per heavy atom. The summed E-state index contributed by atoms with van der Waals surface area (Å²) in [6.45, 7) is 0. The molecule has 13 heavy (non-hydrogen) atoms. The van der Waals surface area contributed by atoms with E-state index in [1.807, 2.05) is 0 Å². The molecule has 1 aromatic carbocycles. The van der Waals surface area contributed by atoms with Crippen LogP contribution in [0.25, 0.3) is 0 Å². The summed E-state index contributed by atoms with van der Waals surface area (Å²) >= 11 is 0. The number of aromatic hydroxyl groups is 1. The lowest BCUT2D eigenvalue weighted by Gasteiger charge is -2.18. The van der Waals surface area contributed by atoms with Crippen LogP contribution in [0, 0.1) is 0 Å². The van der Waals surface area contributed by atoms with Crippen molar-refractivity contribution < 1.29 is 21.9 Å². The molecule has 1 aromatic rings. The SMILES string of the molecule is Nc1c2ccc(O)c1OS(=O)(=O)O2. The topological polar surface area (TPSA) is 98.9 Å². The average molecular weight is 203 g/mol. The van der Waals surface area contributed by atoms with Crippen LogP contribution in [0.3, 0.4) is 0 Å². The molecule has 0 radical (unpaired) electrons. The van der Waals surface area contributed by atoms with Gasteiger partial charge in [0.25, 0.3) is 0 Å². The van der Waals surface area contributed by atoms with E-state index >= 15 is 0 Å². The predicted octanol–water partition coefficient (Wildman–Crippen LogP) is -0.00960. The Balaban J connectivity index is 2.72. The number of phenols is 1. The van der Waals surface area contributed by atoms with Crippen molar-refractivity contribution in [2.24, 2.45) is 0 Å². The third-order valence-electron chi connectivity index (χ3n) is 1.51. The summed E-state index contributed by atoms with van der Waals surface area (Å²) < 4.78 is 30.4. The minimum Gasteiger partial charge on any atom is -0.504 e. The molecule has 0 fully saturated rings. The van der Waals surface area contributed by atoms with Gasteiger partial charge in [-0.15, -0.1) is 8.42 Å². The summed E-state index contributed by atoms with van der Waals surface area (Å²) in [5, 5.41) is 9.16. The first kappa shape index (κ1) is 7.99. The van der Waals surface area contributed by atoms with Gasteiger partial charge in [0.1, 0.15) is 5.69 Å². The zero-order valence-corrected chi connectivity index (χ0v) is 7.04. The maximum absolute atomic E-state index is 10.8. The van der Waals surface area contributed by atoms with E-state index in [-0.39, 0.29) is 22.9 Å². The molecular weight excluding hydrogens is 198 g/mol. The van der Waals surface area contributed by atoms with E-state index in [9.17, 15) is 8.42 Å². The fourth-order valence-electron chi connectivity index (χ4n) is 0.959. The van der Waals surface area contributed by atoms with Crippen LogP contribution in [0.4, 0.5) is 5.69 Å². The van der Waals surface area contributed by atoms with Gasteiger partial charge in [-0.2, -0.15) is 0 Å². The first-order chi connectivity index (χ1) is 5.99. The molecule has 2 rings (SSSR count). The molecule has 6 nitrogen and oxygen atoms in total. The van der Waals surface area contributed by atoms with Crippen LogP contribution >= 0.6 is 0 Å². The Hall–Kier alpha value is -1.63. The Morgan fingerprint density at radius 3 is 2.69 bits per heavy atom. The van der Waals surface area contributed by atoms with Crippen LogP contribution in [0.15, 0.2) is 12.1 Å². The molecule has 0 aromatic heterocycles. The van der Waals surface area contributed by atoms with Gasteiger partial charge in [-0.05, 0) is 12.1 Å². The lowest BCUT2D eigenvalue weighted by atomic mass is 10.2. The van der Waals surface area contributed by atoms with Crippen LogP contribution in [0.2, 0.25) is 0 Å². The smallest absolute Gasteiger partial charge is 0.501 e. The fraction of sp³-hybridized carbons (Fsp3) is 0. The molecule has 3 N–H and O–H groups in total. The van der Waals surface area contributed by atoms with Gasteiger partial charge in [0.2, 0.25) is 5.75 Å². The van der Waals surface area contributed by atoms with Crippen LogP contribution < -0.4 is 14.1 Å². The van der Waals surface area contributed by atoms with Crippen molar-refractivity contribution in [1.29, 1.82) is 0 Å². The first-order valence-corrected chi connectivity index (χ1v) is 4.58. The van der Waals surface area contributed by atoms with E-state index in [0.29, 0.717) is 0 Å². The third-order valence-corrected chi connectivity index (χ3v) is 2.27. The van der Waals surface area contributed by atoms with Crippen molar-refractivity contribution in [2.75, 3.05) is 5.73 Å². The van der Waals surface area contributed by atoms with Gasteiger partial charge in [-0.3, -0.25) is 0 Å². The van der Waals surface area contributed by atoms with Crippen LogP contribution in [0.1, 0.15) is 0 Å². The van der Waals surface area contributed by atoms with E-state index in [1.165, 1.54) is 12.1 Å². The first-order valence-electron chi connectivity index (χ1n) is 3.25. The number of hydrogen-bond donors (Lipinski definition) is 2. The second kappa shape index (κ2) is 2.19. The van der Waals surface area contributed by atoms with Gasteiger partial charge >= 0.3 is 10.4 Å². The van der Waals surface area contributed by atoms with E-state index in [0.717, 1.165) is 0 Å². The molecule has 0 unspecified atom stereocenters. The summed E-state index contributed by atoms with van der Waals surface area (Å²) in [6, 6.07) is 2.48. The summed E-state index contributed by atoms with van der Waals surface area (Å²) in [7, 11) is -4.11. The molecule has 0 amide bonds. The predicted molar refractivity (Wildman–Crippen MR) is 42.7 cm³/mol. The second-order valence-electron chi connectivity index (χ2n) is 2.40. The molecule has 0 saturated heterocycles. The molecule has 70 valence electrons. The summed E-state index contributed by atoms with van der Waals surface area (Å²) in [6.07, 6.45) is 0. The van der Waals surface area contributed by atoms with Crippen LogP contribution in [0.5, 0.6) is 17.2 Å². The van der Waals surface area contributed by atoms with Crippen molar-refractivity contribution in [3.63, 3.8) is 0 Å². The van der Waals surface area contributed by atoms with E-state index in [4.69, 9.17) is 10.8 Å². The largest absolute Gasteiger partial charge is 0.504 e. The van der Waals surface area contributed by atoms with Crippen LogP contribution in [-0.2, 0) is 10.4 Å². The van der Waals surface area contributed by atoms with Gasteiger partial charge in [-0.1, -0.05) is 0 Å². The molecule has 0 atom stereocenters. The highest BCUT2D eigenvalue weighted by atomic mass is 32.3. The standard InChI is InChI=1S/C6H5NO5S/c7-5-4-2-1-3(8)6(5)12-13(9,10)11-4/h1-2,8H,7H2. The van der Waals surface area contributed by atoms with Gasteiger partial charge < -0.3 is 19.2 Å². The fourth-order valence-corrected chi connectivity index (χ4v) is 1.74. The number of anilines is 1. The minimum atomic E-state index is -4.11. The zero-order chi connectivity index (χ0) is 9.64. The number of hydrogen-bond acceptors (Lipinski definition) is 6. The number of benzene rings is 1. The van der Waals surface area contributed by atoms with Crippen molar-refractivity contribution >= 4 is 16.1 Å². The number of phenolic OH excluding ortho intramolecular Hbond substituents is 1. The Labute approximate surface area is 73.8 Å². The summed E-state index contributed by atoms with van der Waals surface area (Å²) in [5.74, 6) is -0.670. The van der Waals surface area contributed by atoms with Gasteiger partial charge in [0.15, 0.2) is 11.5 Å². The number of rotatable bonds is 0. The molecule has 7 heteroatoms. The number of nitrogens with two attached hydrogens (primary N) is 1. The average Bonchev–Trinajstić information content (AvgIpc) is 2.02. The van der Waals surface area contributed by atoms with Gasteiger partial charge in [0.05, 0.1) is 0 Å². The highest BCUT2D eigenvalue weighted by Crippen LogP contribution is 2.43. The molecular formula is C6H5NO5S. The molecule has 0 spiro atoms. The molecule has 2 bridgehead atoms. The maximum atomic E-state index is 10.8. The van der Waals surface area contributed by atoms with Gasteiger partial charge in [0, 0.05) is 0 Å². The Morgan fingerprint density at radius 1 is 1.31 bits per heavy atom. The molecule has 1 aliphatic rings. The lowest BCUT2D eigenvalue weighted by molar-refractivity contribution is 0.363. The normalized spacial score (nSPS) is 17.2. The molecule has 1 aliphatic heterocycles. The van der Waals surface area contributed by atoms with Crippen molar-refractivity contribution in [1.82, 2.24) is 0 Å². The van der Waals surface area contributed by atoms with Gasteiger partial charge in [-0.25, -0.2) is 0 Å². The monoisotopic (exact) mass is 203 g/mol. The maximum Gasteiger partial charge on any atom is 0.501 e. The third kappa shape index (κ3) is 1.13. The number of fused-ring (bicyclic) bond motifs is 2. The highest BCUT2D eigenvalue weighted by molar-refractivity contribution is 7.82. The summed E-state index contributed by atoms with van der Waals surface area (Å²) in [4.78, 5) is 0. The number of nitrogen functional groups attached to an aromatic ring is 1. The quantitative estimate of drug-likeness (QED) is 0.575. The zero-order valence-electron chi connectivity index (χ0n) is 6.22. The Kier molecular flexibility index (Phi) is 1.35. The van der Waals surface area contributed by atoms with Crippen molar-refractivity contribution in [3.05, 3.63) is 12.1 Å². The van der Waals surface area contributed by atoms with Crippen molar-refractivity contribution in [2.45, 2.75) is 0 Å². The molecule has 0 aliphatic carbocycles. The Bertz CT molecular complexity index is 466. The van der Waals surface area contributed by atoms with Crippen LogP contribution in [-0.4, -0.2) is 13.5 Å². The lowest BCUT2D eigenvalue weighted by Crippen LogP contribution is -2.21. The van der Waals surface area contributed by atoms with E-state index in [1.54, 1.807) is 0 Å². The molecule has 0 saturated carbocycles. The van der Waals surface area contributed by atoms with Crippen molar-refractivity contribution in [3.8, 4) is 17.2 Å². The molecule has 1 heterocycles. The minimum absolute atomic E-state index is 0.0326. The van der Waals surface area contributed by atoms with E-state index in [2.05, 4.69) is 8.37 Å². The second-order valence-corrected chi connectivity index (χ2v) is 3.55. The van der Waals surface area contributed by atoms with E-state index < -0.39 is 10.4 Å².